The maximum absolute atomic E-state index is 11.0. The molecule has 0 N–H and O–H groups in total. The monoisotopic (exact) mass is 158 g/mol. The standard InChI is InChI=1S/C3H3F3O2.C2H6/c1-8-2(7)3(4,5)6;1-2/h1H3;1-2H3. The molecule has 0 saturated heterocycles. The summed E-state index contributed by atoms with van der Waals surface area (Å²) in [5, 5.41) is 0. The lowest BCUT2D eigenvalue weighted by atomic mass is 10.7. The van der Waals surface area contributed by atoms with Crippen molar-refractivity contribution in [3.05, 3.63) is 0 Å². The van der Waals surface area contributed by atoms with Gasteiger partial charge in [0.15, 0.2) is 0 Å². The zero-order valence-electron chi connectivity index (χ0n) is 5.95. The van der Waals surface area contributed by atoms with E-state index in [1.807, 2.05) is 13.8 Å². The molecular formula is C5H9F3O2. The maximum atomic E-state index is 11.0. The summed E-state index contributed by atoms with van der Waals surface area (Å²) in [6, 6.07) is 0. The first-order chi connectivity index (χ1) is 4.48. The number of methoxy groups -OCH3 is 1. The summed E-state index contributed by atoms with van der Waals surface area (Å²) in [5.74, 6) is -2.17. The topological polar surface area (TPSA) is 26.3 Å². The molecule has 0 unspecified atom stereocenters. The number of hydrogen-bond acceptors (Lipinski definition) is 2. The Labute approximate surface area is 57.0 Å². The highest BCUT2D eigenvalue weighted by Crippen LogP contribution is 2.15. The van der Waals surface area contributed by atoms with Crippen LogP contribution in [0.2, 0.25) is 0 Å². The molecule has 0 aromatic rings. The second-order valence-electron chi connectivity index (χ2n) is 0.989. The average molecular weight is 158 g/mol. The predicted molar refractivity (Wildman–Crippen MR) is 29.4 cm³/mol. The van der Waals surface area contributed by atoms with Crippen LogP contribution >= 0.6 is 0 Å². The van der Waals surface area contributed by atoms with Gasteiger partial charge in [0, 0.05) is 0 Å². The third kappa shape index (κ3) is 5.40. The van der Waals surface area contributed by atoms with Crippen molar-refractivity contribution in [2.45, 2.75) is 20.0 Å². The van der Waals surface area contributed by atoms with E-state index in [1.54, 1.807) is 0 Å². The second kappa shape index (κ2) is 5.08. The molecule has 0 aromatic heterocycles. The van der Waals surface area contributed by atoms with Gasteiger partial charge in [-0.25, -0.2) is 4.79 Å². The highest BCUT2D eigenvalue weighted by atomic mass is 19.4. The largest absolute Gasteiger partial charge is 0.490 e. The van der Waals surface area contributed by atoms with Gasteiger partial charge in [0.1, 0.15) is 0 Å². The molecule has 0 fully saturated rings. The molecule has 0 spiro atoms. The van der Waals surface area contributed by atoms with E-state index < -0.39 is 12.1 Å². The van der Waals surface area contributed by atoms with E-state index in [0.29, 0.717) is 7.11 Å². The molecule has 0 bridgehead atoms. The van der Waals surface area contributed by atoms with Gasteiger partial charge in [0.25, 0.3) is 0 Å². The predicted octanol–water partition coefficient (Wildman–Crippen LogP) is 1.75. The van der Waals surface area contributed by atoms with Crippen LogP contribution in [0.5, 0.6) is 0 Å². The minimum atomic E-state index is -4.85. The molecular weight excluding hydrogens is 149 g/mol. The summed E-state index contributed by atoms with van der Waals surface area (Å²) in [6.07, 6.45) is -4.85. The molecule has 5 heteroatoms. The molecule has 0 aromatic carbocycles. The van der Waals surface area contributed by atoms with Crippen molar-refractivity contribution >= 4 is 5.97 Å². The van der Waals surface area contributed by atoms with E-state index >= 15 is 0 Å². The number of alkyl halides is 3. The molecule has 10 heavy (non-hydrogen) atoms. The fraction of sp³-hybridized carbons (Fsp3) is 0.800. The molecule has 0 radical (unpaired) electrons. The maximum Gasteiger partial charge on any atom is 0.490 e. The Morgan fingerprint density at radius 3 is 1.60 bits per heavy atom. The van der Waals surface area contributed by atoms with Gasteiger partial charge >= 0.3 is 12.1 Å². The van der Waals surface area contributed by atoms with Gasteiger partial charge in [0.05, 0.1) is 7.11 Å². The van der Waals surface area contributed by atoms with Crippen LogP contribution in [0, 0.1) is 0 Å². The van der Waals surface area contributed by atoms with Gasteiger partial charge in [0.2, 0.25) is 0 Å². The smallest absolute Gasteiger partial charge is 0.462 e. The van der Waals surface area contributed by atoms with Crippen molar-refractivity contribution in [2.24, 2.45) is 0 Å². The Kier molecular flexibility index (Phi) is 6.09. The lowest BCUT2D eigenvalue weighted by molar-refractivity contribution is -0.196. The van der Waals surface area contributed by atoms with Gasteiger partial charge in [-0.15, -0.1) is 0 Å². The molecule has 0 aliphatic carbocycles. The molecule has 62 valence electrons. The van der Waals surface area contributed by atoms with Crippen molar-refractivity contribution in [2.75, 3.05) is 7.11 Å². The van der Waals surface area contributed by atoms with E-state index in [1.165, 1.54) is 0 Å². The average Bonchev–Trinajstić information content (AvgIpc) is 1.89. The molecule has 0 heterocycles. The number of carbonyl (C=O) groups is 1. The van der Waals surface area contributed by atoms with E-state index in [-0.39, 0.29) is 0 Å². The number of halogens is 3. The van der Waals surface area contributed by atoms with Crippen molar-refractivity contribution in [1.82, 2.24) is 0 Å². The van der Waals surface area contributed by atoms with Crippen LogP contribution in [-0.4, -0.2) is 19.3 Å². The van der Waals surface area contributed by atoms with E-state index in [0.717, 1.165) is 0 Å². The summed E-state index contributed by atoms with van der Waals surface area (Å²) in [6.45, 7) is 4.00. The fourth-order valence-corrected chi connectivity index (χ4v) is 0.116. The lowest BCUT2D eigenvalue weighted by Gasteiger charge is -1.99. The highest BCUT2D eigenvalue weighted by Gasteiger charge is 2.39. The Bertz CT molecular complexity index is 97.6. The molecule has 0 atom stereocenters. The lowest BCUT2D eigenvalue weighted by Crippen LogP contribution is -2.23. The van der Waals surface area contributed by atoms with Crippen LogP contribution in [0.4, 0.5) is 13.2 Å². The quantitative estimate of drug-likeness (QED) is 0.502. The van der Waals surface area contributed by atoms with Crippen molar-refractivity contribution < 1.29 is 22.7 Å². The van der Waals surface area contributed by atoms with Crippen LogP contribution in [0.1, 0.15) is 13.8 Å². The van der Waals surface area contributed by atoms with Crippen molar-refractivity contribution in [1.29, 1.82) is 0 Å². The summed E-state index contributed by atoms with van der Waals surface area (Å²) in [5.41, 5.74) is 0. The van der Waals surface area contributed by atoms with Gasteiger partial charge in [-0.2, -0.15) is 13.2 Å². The van der Waals surface area contributed by atoms with Crippen LogP contribution < -0.4 is 0 Å². The third-order valence-corrected chi connectivity index (χ3v) is 0.417. The van der Waals surface area contributed by atoms with Crippen LogP contribution in [0.3, 0.4) is 0 Å². The zero-order valence-corrected chi connectivity index (χ0v) is 5.95. The molecule has 0 amide bonds. The number of ether oxygens (including phenoxy) is 1. The fourth-order valence-electron chi connectivity index (χ4n) is 0.116. The normalized spacial score (nSPS) is 9.40. The minimum Gasteiger partial charge on any atom is -0.462 e. The van der Waals surface area contributed by atoms with Gasteiger partial charge < -0.3 is 4.74 Å². The number of rotatable bonds is 0. The zero-order chi connectivity index (χ0) is 8.78. The first kappa shape index (κ1) is 12.0. The Hall–Kier alpha value is -0.740. The van der Waals surface area contributed by atoms with E-state index in [4.69, 9.17) is 0 Å². The summed E-state index contributed by atoms with van der Waals surface area (Å²) in [4.78, 5) is 9.49. The Balaban J connectivity index is 0. The minimum absolute atomic E-state index is 0.676. The van der Waals surface area contributed by atoms with Gasteiger partial charge in [-0.05, 0) is 0 Å². The van der Waals surface area contributed by atoms with Gasteiger partial charge in [-0.1, -0.05) is 13.8 Å². The van der Waals surface area contributed by atoms with Crippen molar-refractivity contribution in [3.63, 3.8) is 0 Å². The van der Waals surface area contributed by atoms with E-state index in [2.05, 4.69) is 4.74 Å². The Morgan fingerprint density at radius 2 is 1.60 bits per heavy atom. The van der Waals surface area contributed by atoms with Gasteiger partial charge in [-0.3, -0.25) is 0 Å². The number of carbonyl (C=O) groups excluding carboxylic acids is 1. The molecule has 0 aliphatic heterocycles. The van der Waals surface area contributed by atoms with E-state index in [9.17, 15) is 18.0 Å². The summed E-state index contributed by atoms with van der Waals surface area (Å²) >= 11 is 0. The SMILES string of the molecule is CC.COC(=O)C(F)(F)F. The van der Waals surface area contributed by atoms with Crippen LogP contribution in [0.15, 0.2) is 0 Å². The van der Waals surface area contributed by atoms with Crippen molar-refractivity contribution in [3.8, 4) is 0 Å². The first-order valence-electron chi connectivity index (χ1n) is 2.63. The molecule has 0 aliphatic rings. The second-order valence-corrected chi connectivity index (χ2v) is 0.989. The molecule has 0 rings (SSSR count). The summed E-state index contributed by atoms with van der Waals surface area (Å²) < 4.78 is 36.3. The first-order valence-corrected chi connectivity index (χ1v) is 2.63. The number of hydrogen-bond donors (Lipinski definition) is 0. The van der Waals surface area contributed by atoms with Crippen LogP contribution in [-0.2, 0) is 9.53 Å². The Morgan fingerprint density at radius 1 is 1.30 bits per heavy atom. The molecule has 2 nitrogen and oxygen atoms in total. The number of esters is 1. The third-order valence-electron chi connectivity index (χ3n) is 0.417. The highest BCUT2D eigenvalue weighted by molar-refractivity contribution is 5.75. The molecule has 0 saturated carbocycles. The summed E-state index contributed by atoms with van der Waals surface area (Å²) in [7, 11) is 0.676. The van der Waals surface area contributed by atoms with Crippen LogP contribution in [0.25, 0.3) is 0 Å².